The molecule has 164 valence electrons. The van der Waals surface area contributed by atoms with Crippen molar-refractivity contribution < 1.29 is 5.11 Å². The molecule has 0 spiro atoms. The Morgan fingerprint density at radius 1 is 1.03 bits per heavy atom. The molecule has 0 amide bonds. The molecular formula is C29H32N2O. The molecule has 0 aliphatic rings. The molecule has 1 heterocycles. The number of fused-ring (bicyclic) bond motifs is 1. The van der Waals surface area contributed by atoms with Crippen LogP contribution in [0.2, 0.25) is 0 Å². The first-order valence-corrected chi connectivity index (χ1v) is 11.0. The van der Waals surface area contributed by atoms with E-state index < -0.39 is 0 Å². The Labute approximate surface area is 191 Å². The van der Waals surface area contributed by atoms with Gasteiger partial charge in [-0.3, -0.25) is 5.10 Å². The number of nitrogens with zero attached hydrogens (tertiary/aromatic N) is 1. The van der Waals surface area contributed by atoms with Gasteiger partial charge in [0, 0.05) is 5.39 Å². The number of benzene rings is 2. The zero-order valence-corrected chi connectivity index (χ0v) is 19.4. The topological polar surface area (TPSA) is 48.9 Å². The number of allylic oxidation sites excluding steroid dienone is 6. The molecule has 0 bridgehead atoms. The summed E-state index contributed by atoms with van der Waals surface area (Å²) in [7, 11) is 0. The van der Waals surface area contributed by atoms with Crippen molar-refractivity contribution in [3.05, 3.63) is 112 Å². The van der Waals surface area contributed by atoms with Crippen molar-refractivity contribution in [2.75, 3.05) is 6.61 Å². The van der Waals surface area contributed by atoms with Gasteiger partial charge in [0.1, 0.15) is 0 Å². The predicted molar refractivity (Wildman–Crippen MR) is 137 cm³/mol. The van der Waals surface area contributed by atoms with E-state index in [0.717, 1.165) is 39.6 Å². The van der Waals surface area contributed by atoms with Crippen LogP contribution in [0.3, 0.4) is 0 Å². The molecule has 0 aliphatic carbocycles. The van der Waals surface area contributed by atoms with Gasteiger partial charge in [0.2, 0.25) is 0 Å². The van der Waals surface area contributed by atoms with Gasteiger partial charge in [-0.25, -0.2) is 0 Å². The Hall–Kier alpha value is -3.43. The van der Waals surface area contributed by atoms with Gasteiger partial charge in [-0.15, -0.1) is 0 Å². The van der Waals surface area contributed by atoms with Crippen molar-refractivity contribution in [1.29, 1.82) is 0 Å². The molecule has 0 aliphatic heterocycles. The smallest absolute Gasteiger partial charge is 0.0650 e. The van der Waals surface area contributed by atoms with E-state index in [1.54, 1.807) is 6.08 Å². The highest BCUT2D eigenvalue weighted by atomic mass is 16.2. The van der Waals surface area contributed by atoms with Crippen LogP contribution in [0, 0.1) is 0 Å². The van der Waals surface area contributed by atoms with Crippen LogP contribution in [-0.2, 0) is 0 Å². The van der Waals surface area contributed by atoms with Crippen LogP contribution in [0.15, 0.2) is 95.8 Å². The van der Waals surface area contributed by atoms with Crippen molar-refractivity contribution in [1.82, 2.24) is 10.2 Å². The number of H-pyrrole nitrogens is 1. The molecule has 1 aromatic heterocycles. The molecule has 0 saturated carbocycles. The Kier molecular flexibility index (Phi) is 7.80. The molecule has 0 atom stereocenters. The zero-order chi connectivity index (χ0) is 23.1. The number of rotatable bonds is 8. The summed E-state index contributed by atoms with van der Waals surface area (Å²) in [4.78, 5) is 0. The van der Waals surface area contributed by atoms with Crippen LogP contribution in [0.4, 0.5) is 0 Å². The zero-order valence-electron chi connectivity index (χ0n) is 19.4. The summed E-state index contributed by atoms with van der Waals surface area (Å²) >= 11 is 0. The minimum atomic E-state index is 0.0364. The lowest BCUT2D eigenvalue weighted by molar-refractivity contribution is 0.343. The third kappa shape index (κ3) is 5.43. The maximum Gasteiger partial charge on any atom is 0.0650 e. The Morgan fingerprint density at radius 3 is 2.38 bits per heavy atom. The largest absolute Gasteiger partial charge is 0.392 e. The second-order valence-corrected chi connectivity index (χ2v) is 8.19. The number of nitrogens with one attached hydrogen (secondary N) is 1. The third-order valence-electron chi connectivity index (χ3n) is 5.37. The highest BCUT2D eigenvalue weighted by Gasteiger charge is 2.16. The van der Waals surface area contributed by atoms with Crippen molar-refractivity contribution in [2.45, 2.75) is 34.1 Å². The van der Waals surface area contributed by atoms with Gasteiger partial charge in [0.15, 0.2) is 0 Å². The maximum atomic E-state index is 9.07. The molecule has 32 heavy (non-hydrogen) atoms. The lowest BCUT2D eigenvalue weighted by Gasteiger charge is -2.19. The third-order valence-corrected chi connectivity index (χ3v) is 5.37. The highest BCUT2D eigenvalue weighted by Crippen LogP contribution is 2.36. The molecule has 0 fully saturated rings. The summed E-state index contributed by atoms with van der Waals surface area (Å²) in [5, 5.41) is 17.4. The van der Waals surface area contributed by atoms with E-state index in [-0.39, 0.29) is 6.61 Å². The fraction of sp³-hybridized carbons (Fsp3) is 0.207. The van der Waals surface area contributed by atoms with E-state index in [4.69, 9.17) is 5.11 Å². The SMILES string of the molecule is C=C(C)C(=C\C=C(C)C)/C(CC)=C(\c1ccc(/C=C/CO)cc1)c1ccc2[nH]ncc2c1. The average molecular weight is 425 g/mol. The average Bonchev–Trinajstić information content (AvgIpc) is 3.25. The molecule has 2 aromatic carbocycles. The van der Waals surface area contributed by atoms with Crippen LogP contribution in [0.5, 0.6) is 0 Å². The van der Waals surface area contributed by atoms with Gasteiger partial charge in [-0.05, 0) is 72.7 Å². The second kappa shape index (κ2) is 10.7. The fourth-order valence-corrected chi connectivity index (χ4v) is 3.82. The number of hydrogen-bond donors (Lipinski definition) is 2. The standard InChI is InChI=1S/C29H32N2O/c1-6-26(27(21(4)5)15-9-20(2)3)29(23-12-10-22(11-13-23)8-7-17-32)24-14-16-28-25(18-24)19-30-31-28/h7-16,18-19,32H,4,6,17H2,1-3,5H3,(H,30,31)/b8-7+,27-15+,29-26+. The van der Waals surface area contributed by atoms with E-state index in [9.17, 15) is 0 Å². The molecule has 0 saturated heterocycles. The summed E-state index contributed by atoms with van der Waals surface area (Å²) in [6.07, 6.45) is 10.8. The molecule has 3 heteroatoms. The first kappa shape index (κ1) is 23.2. The molecule has 3 aromatic rings. The first-order chi connectivity index (χ1) is 15.4. The first-order valence-electron chi connectivity index (χ1n) is 11.0. The van der Waals surface area contributed by atoms with E-state index in [2.05, 4.69) is 99.1 Å². The van der Waals surface area contributed by atoms with E-state index >= 15 is 0 Å². The normalized spacial score (nSPS) is 12.8. The number of aromatic amines is 1. The summed E-state index contributed by atoms with van der Waals surface area (Å²) in [6.45, 7) is 12.8. The second-order valence-electron chi connectivity index (χ2n) is 8.19. The van der Waals surface area contributed by atoms with Crippen LogP contribution in [0.25, 0.3) is 22.6 Å². The number of hydrogen-bond acceptors (Lipinski definition) is 2. The van der Waals surface area contributed by atoms with E-state index in [0.29, 0.717) is 0 Å². The van der Waals surface area contributed by atoms with Crippen molar-refractivity contribution in [2.24, 2.45) is 0 Å². The van der Waals surface area contributed by atoms with Crippen molar-refractivity contribution >= 4 is 22.6 Å². The molecule has 2 N–H and O–H groups in total. The van der Waals surface area contributed by atoms with Gasteiger partial charge in [0.25, 0.3) is 0 Å². The predicted octanol–water partition coefficient (Wildman–Crippen LogP) is 7.25. The molecular weight excluding hydrogens is 392 g/mol. The summed E-state index contributed by atoms with van der Waals surface area (Å²) in [5.41, 5.74) is 10.3. The summed E-state index contributed by atoms with van der Waals surface area (Å²) < 4.78 is 0. The van der Waals surface area contributed by atoms with Crippen molar-refractivity contribution in [3.8, 4) is 0 Å². The molecule has 3 rings (SSSR count). The highest BCUT2D eigenvalue weighted by molar-refractivity contribution is 5.90. The van der Waals surface area contributed by atoms with E-state index in [1.165, 1.54) is 22.3 Å². The minimum Gasteiger partial charge on any atom is -0.392 e. The lowest BCUT2D eigenvalue weighted by atomic mass is 9.85. The van der Waals surface area contributed by atoms with Crippen LogP contribution in [0.1, 0.15) is 50.8 Å². The van der Waals surface area contributed by atoms with Crippen LogP contribution in [-0.4, -0.2) is 21.9 Å². The lowest BCUT2D eigenvalue weighted by Crippen LogP contribution is -1.99. The van der Waals surface area contributed by atoms with Gasteiger partial charge in [-0.2, -0.15) is 5.10 Å². The maximum absolute atomic E-state index is 9.07. The molecule has 3 nitrogen and oxygen atoms in total. The monoisotopic (exact) mass is 424 g/mol. The Morgan fingerprint density at radius 2 is 1.75 bits per heavy atom. The van der Waals surface area contributed by atoms with Gasteiger partial charge in [0.05, 0.1) is 18.3 Å². The summed E-state index contributed by atoms with van der Waals surface area (Å²) in [5.74, 6) is 0. The molecule has 0 unspecified atom stereocenters. The van der Waals surface area contributed by atoms with Gasteiger partial charge >= 0.3 is 0 Å². The summed E-state index contributed by atoms with van der Waals surface area (Å²) in [6, 6.07) is 14.9. The minimum absolute atomic E-state index is 0.0364. The van der Waals surface area contributed by atoms with Gasteiger partial charge in [-0.1, -0.05) is 79.3 Å². The quantitative estimate of drug-likeness (QED) is 0.374. The van der Waals surface area contributed by atoms with Crippen molar-refractivity contribution in [3.63, 3.8) is 0 Å². The number of aliphatic hydroxyl groups excluding tert-OH is 1. The molecule has 0 radical (unpaired) electrons. The number of aromatic nitrogens is 2. The van der Waals surface area contributed by atoms with Gasteiger partial charge < -0.3 is 5.11 Å². The number of aliphatic hydroxyl groups is 1. The fourth-order valence-electron chi connectivity index (χ4n) is 3.82. The van der Waals surface area contributed by atoms with Crippen LogP contribution < -0.4 is 0 Å². The Bertz CT molecular complexity index is 1210. The van der Waals surface area contributed by atoms with E-state index in [1.807, 2.05) is 12.3 Å². The van der Waals surface area contributed by atoms with Crippen LogP contribution >= 0.6 is 0 Å². The Balaban J connectivity index is 2.28.